The van der Waals surface area contributed by atoms with Gasteiger partial charge in [0.1, 0.15) is 0 Å². The van der Waals surface area contributed by atoms with Gasteiger partial charge in [-0.05, 0) is 52.3 Å². The number of aromatic nitrogens is 2. The molecule has 3 rings (SSSR count). The second kappa shape index (κ2) is 5.74. The summed E-state index contributed by atoms with van der Waals surface area (Å²) in [6.07, 6.45) is 0. The van der Waals surface area contributed by atoms with Crippen molar-refractivity contribution < 1.29 is 4.79 Å². The van der Waals surface area contributed by atoms with Crippen LogP contribution in [0.2, 0.25) is 5.02 Å². The molecule has 1 aromatic heterocycles. The molecule has 0 spiro atoms. The number of hydrogen-bond acceptors (Lipinski definition) is 2. The predicted molar refractivity (Wildman–Crippen MR) is 90.2 cm³/mol. The molecule has 22 heavy (non-hydrogen) atoms. The Labute approximate surface area is 140 Å². The number of fused-ring (bicyclic) bond motifs is 1. The van der Waals surface area contributed by atoms with E-state index in [1.54, 1.807) is 33.4 Å². The first-order valence-corrected chi connectivity index (χ1v) is 7.83. The van der Waals surface area contributed by atoms with E-state index in [-0.39, 0.29) is 17.9 Å². The number of hydrogen-bond donors (Lipinski definition) is 1. The van der Waals surface area contributed by atoms with Gasteiger partial charge in [0.05, 0.1) is 17.6 Å². The Bertz CT molecular complexity index is 925. The van der Waals surface area contributed by atoms with Crippen molar-refractivity contribution in [2.24, 2.45) is 7.05 Å². The monoisotopic (exact) mass is 377 g/mol. The van der Waals surface area contributed by atoms with Crippen molar-refractivity contribution in [2.45, 2.75) is 6.54 Å². The number of Topliss-reactive ketones (excluding diaryl/α,β-unsaturated/α-hetero) is 1. The van der Waals surface area contributed by atoms with E-state index >= 15 is 0 Å². The first-order chi connectivity index (χ1) is 10.5. The molecule has 1 N–H and O–H groups in total. The smallest absolute Gasteiger partial charge is 0.203 e. The van der Waals surface area contributed by atoms with E-state index in [1.807, 2.05) is 25.2 Å². The van der Waals surface area contributed by atoms with E-state index in [0.717, 1.165) is 15.5 Å². The van der Waals surface area contributed by atoms with Crippen LogP contribution in [0.5, 0.6) is 0 Å². The molecule has 2 aromatic carbocycles. The summed E-state index contributed by atoms with van der Waals surface area (Å²) >= 11 is 9.34. The summed E-state index contributed by atoms with van der Waals surface area (Å²) in [5.74, 6) is -0.0531. The van der Waals surface area contributed by atoms with Gasteiger partial charge in [0.25, 0.3) is 0 Å². The minimum absolute atomic E-state index is 0.0531. The molecule has 0 fully saturated rings. The summed E-state index contributed by atoms with van der Waals surface area (Å²) in [7, 11) is 1.82. The highest BCUT2D eigenvalue weighted by atomic mass is 79.9. The average Bonchev–Trinajstić information content (AvgIpc) is 2.74. The van der Waals surface area contributed by atoms with Crippen molar-refractivity contribution >= 4 is 44.3 Å². The van der Waals surface area contributed by atoms with Crippen molar-refractivity contribution in [1.82, 2.24) is 9.13 Å². The molecule has 112 valence electrons. The molecule has 4 nitrogen and oxygen atoms in total. The molecule has 3 aromatic rings. The van der Waals surface area contributed by atoms with Crippen LogP contribution < -0.4 is 5.62 Å². The quantitative estimate of drug-likeness (QED) is 0.693. The van der Waals surface area contributed by atoms with Gasteiger partial charge in [-0.25, -0.2) is 0 Å². The number of aryl methyl sites for hydroxylation is 1. The largest absolute Gasteiger partial charge is 0.313 e. The Morgan fingerprint density at radius 1 is 1.23 bits per heavy atom. The van der Waals surface area contributed by atoms with Crippen molar-refractivity contribution in [3.05, 3.63) is 63.1 Å². The number of para-hydroxylation sites is 1. The third kappa shape index (κ3) is 2.51. The van der Waals surface area contributed by atoms with Gasteiger partial charge in [0, 0.05) is 22.1 Å². The molecule has 0 radical (unpaired) electrons. The van der Waals surface area contributed by atoms with E-state index < -0.39 is 0 Å². The van der Waals surface area contributed by atoms with Crippen molar-refractivity contribution in [2.75, 3.05) is 0 Å². The molecule has 0 aliphatic heterocycles. The van der Waals surface area contributed by atoms with Crippen LogP contribution in [0.4, 0.5) is 0 Å². The molecule has 0 unspecified atom stereocenters. The van der Waals surface area contributed by atoms with Gasteiger partial charge in [-0.3, -0.25) is 10.2 Å². The number of carbonyl (C=O) groups is 1. The number of imidazole rings is 1. The maximum Gasteiger partial charge on any atom is 0.203 e. The van der Waals surface area contributed by atoms with Gasteiger partial charge in [-0.1, -0.05) is 17.7 Å². The molecule has 6 heteroatoms. The molecule has 0 amide bonds. The summed E-state index contributed by atoms with van der Waals surface area (Å²) in [4.78, 5) is 12.4. The average molecular weight is 379 g/mol. The zero-order valence-corrected chi connectivity index (χ0v) is 14.1. The normalized spacial score (nSPS) is 11.0. The molecule has 0 bridgehead atoms. The molecular formula is C16H13BrClN3O. The number of halogens is 2. The second-order valence-electron chi connectivity index (χ2n) is 5.01. The SMILES string of the molecule is Cn1c(=N)n(CC(=O)c2ccc(Cl)cc2)c2cccc(Br)c21. The highest BCUT2D eigenvalue weighted by Crippen LogP contribution is 2.22. The van der Waals surface area contributed by atoms with Crippen LogP contribution in [0.15, 0.2) is 46.9 Å². The summed E-state index contributed by atoms with van der Waals surface area (Å²) < 4.78 is 4.37. The third-order valence-corrected chi connectivity index (χ3v) is 4.52. The first-order valence-electron chi connectivity index (χ1n) is 6.66. The van der Waals surface area contributed by atoms with E-state index in [1.165, 1.54) is 0 Å². The van der Waals surface area contributed by atoms with Crippen LogP contribution in [0.25, 0.3) is 11.0 Å². The lowest BCUT2D eigenvalue weighted by Gasteiger charge is -2.04. The van der Waals surface area contributed by atoms with Crippen LogP contribution in [0.3, 0.4) is 0 Å². The van der Waals surface area contributed by atoms with Crippen molar-refractivity contribution in [3.63, 3.8) is 0 Å². The zero-order chi connectivity index (χ0) is 15.9. The van der Waals surface area contributed by atoms with Crippen LogP contribution in [0.1, 0.15) is 10.4 Å². The fraction of sp³-hybridized carbons (Fsp3) is 0.125. The van der Waals surface area contributed by atoms with E-state index in [0.29, 0.717) is 10.6 Å². The lowest BCUT2D eigenvalue weighted by Crippen LogP contribution is -2.25. The second-order valence-corrected chi connectivity index (χ2v) is 6.30. The Morgan fingerprint density at radius 2 is 1.91 bits per heavy atom. The van der Waals surface area contributed by atoms with Gasteiger partial charge in [-0.15, -0.1) is 0 Å². The van der Waals surface area contributed by atoms with Crippen LogP contribution >= 0.6 is 27.5 Å². The minimum Gasteiger partial charge on any atom is -0.313 e. The number of carbonyl (C=O) groups excluding carboxylic acids is 1. The Morgan fingerprint density at radius 3 is 2.59 bits per heavy atom. The van der Waals surface area contributed by atoms with Gasteiger partial charge in [0.15, 0.2) is 5.78 Å². The molecule has 0 saturated carbocycles. The summed E-state index contributed by atoms with van der Waals surface area (Å²) in [6, 6.07) is 12.5. The Kier molecular flexibility index (Phi) is 3.93. The number of benzene rings is 2. The first kappa shape index (κ1) is 15.1. The topological polar surface area (TPSA) is 50.8 Å². The van der Waals surface area contributed by atoms with Gasteiger partial charge in [-0.2, -0.15) is 0 Å². The number of rotatable bonds is 3. The zero-order valence-electron chi connectivity index (χ0n) is 11.8. The van der Waals surface area contributed by atoms with Crippen molar-refractivity contribution in [1.29, 1.82) is 5.41 Å². The Hall–Kier alpha value is -1.85. The number of nitrogens with zero attached hydrogens (tertiary/aromatic N) is 2. The molecule has 0 aliphatic carbocycles. The Balaban J connectivity index is 2.06. The fourth-order valence-electron chi connectivity index (χ4n) is 2.49. The lowest BCUT2D eigenvalue weighted by atomic mass is 10.1. The number of nitrogens with one attached hydrogen (secondary N) is 1. The molecular weight excluding hydrogens is 366 g/mol. The van der Waals surface area contributed by atoms with Gasteiger partial charge >= 0.3 is 0 Å². The highest BCUT2D eigenvalue weighted by Gasteiger charge is 2.14. The summed E-state index contributed by atoms with van der Waals surface area (Å²) in [5, 5.41) is 8.84. The van der Waals surface area contributed by atoms with E-state index in [9.17, 15) is 4.79 Å². The van der Waals surface area contributed by atoms with Gasteiger partial charge < -0.3 is 9.13 Å². The van der Waals surface area contributed by atoms with E-state index in [2.05, 4.69) is 15.9 Å². The predicted octanol–water partition coefficient (Wildman–Crippen LogP) is 3.76. The standard InChI is InChI=1S/C16H13BrClN3O/c1-20-15-12(17)3-2-4-13(15)21(16(20)19)9-14(22)10-5-7-11(18)8-6-10/h2-8,19H,9H2,1H3. The van der Waals surface area contributed by atoms with E-state index in [4.69, 9.17) is 17.0 Å². The fourth-order valence-corrected chi connectivity index (χ4v) is 3.23. The minimum atomic E-state index is -0.0531. The van der Waals surface area contributed by atoms with Crippen LogP contribution in [0, 0.1) is 5.41 Å². The number of ketones is 1. The summed E-state index contributed by atoms with van der Waals surface area (Å²) in [5.41, 5.74) is 2.62. The molecule has 0 atom stereocenters. The molecule has 0 saturated heterocycles. The van der Waals surface area contributed by atoms with Crippen LogP contribution in [-0.2, 0) is 13.6 Å². The lowest BCUT2D eigenvalue weighted by molar-refractivity contribution is 0.0971. The maximum atomic E-state index is 12.4. The van der Waals surface area contributed by atoms with Gasteiger partial charge in [0.2, 0.25) is 5.62 Å². The van der Waals surface area contributed by atoms with Crippen LogP contribution in [-0.4, -0.2) is 14.9 Å². The molecule has 0 aliphatic rings. The maximum absolute atomic E-state index is 12.4. The molecule has 1 heterocycles. The summed E-state index contributed by atoms with van der Waals surface area (Å²) in [6.45, 7) is 0.119. The highest BCUT2D eigenvalue weighted by molar-refractivity contribution is 9.10. The van der Waals surface area contributed by atoms with Crippen molar-refractivity contribution in [3.8, 4) is 0 Å². The third-order valence-electron chi connectivity index (χ3n) is 3.63.